The molecule has 1 unspecified atom stereocenters. The Kier molecular flexibility index (Phi) is 5.83. The van der Waals surface area contributed by atoms with Crippen LogP contribution in [0.1, 0.15) is 34.3 Å². The first kappa shape index (κ1) is 21.5. The summed E-state index contributed by atoms with van der Waals surface area (Å²) >= 11 is 0. The molecule has 0 saturated heterocycles. The Hall–Kier alpha value is -4.38. The molecule has 34 heavy (non-hydrogen) atoms. The zero-order chi connectivity index (χ0) is 23.5. The van der Waals surface area contributed by atoms with Crippen molar-refractivity contribution in [1.82, 2.24) is 5.32 Å². The fraction of sp³-hybridized carbons (Fsp3) is 0.103. The minimum Gasteiger partial charge on any atom is -0.462 e. The van der Waals surface area contributed by atoms with E-state index in [1.165, 1.54) is 0 Å². The zero-order valence-electron chi connectivity index (χ0n) is 18.7. The van der Waals surface area contributed by atoms with Gasteiger partial charge in [0.2, 0.25) is 5.88 Å². The lowest BCUT2D eigenvalue weighted by Crippen LogP contribution is -2.34. The Morgan fingerprint density at radius 2 is 1.53 bits per heavy atom. The average Bonchev–Trinajstić information content (AvgIpc) is 2.89. The Labute approximate surface area is 197 Å². The summed E-state index contributed by atoms with van der Waals surface area (Å²) in [5.74, 6) is -0.708. The van der Waals surface area contributed by atoms with Gasteiger partial charge >= 0.3 is 5.97 Å². The van der Waals surface area contributed by atoms with Gasteiger partial charge in [-0.05, 0) is 41.5 Å². The van der Waals surface area contributed by atoms with Gasteiger partial charge in [-0.2, -0.15) is 0 Å². The highest BCUT2D eigenvalue weighted by Crippen LogP contribution is 2.46. The number of rotatable bonds is 5. The molecule has 1 aliphatic rings. The van der Waals surface area contributed by atoms with Crippen molar-refractivity contribution in [3.63, 3.8) is 0 Å². The lowest BCUT2D eigenvalue weighted by Gasteiger charge is -2.31. The summed E-state index contributed by atoms with van der Waals surface area (Å²) in [6.07, 6.45) is 0. The van der Waals surface area contributed by atoms with Crippen LogP contribution in [0.5, 0.6) is 5.75 Å². The van der Waals surface area contributed by atoms with E-state index in [-0.39, 0.29) is 24.0 Å². The molecule has 1 atom stereocenters. The number of carbonyl (C=O) groups excluding carboxylic acids is 2. The molecule has 1 heterocycles. The van der Waals surface area contributed by atoms with Gasteiger partial charge < -0.3 is 9.47 Å². The first-order chi connectivity index (χ1) is 16.7. The van der Waals surface area contributed by atoms with E-state index in [0.29, 0.717) is 11.3 Å². The summed E-state index contributed by atoms with van der Waals surface area (Å²) < 4.78 is 11.7. The second-order valence-electron chi connectivity index (χ2n) is 7.93. The molecule has 5 nitrogen and oxygen atoms in total. The van der Waals surface area contributed by atoms with E-state index in [0.717, 1.165) is 21.9 Å². The van der Waals surface area contributed by atoms with Gasteiger partial charge in [-0.3, -0.25) is 10.1 Å². The van der Waals surface area contributed by atoms with E-state index in [9.17, 15) is 9.59 Å². The van der Waals surface area contributed by atoms with Crippen LogP contribution in [-0.4, -0.2) is 18.5 Å². The highest BCUT2D eigenvalue weighted by Gasteiger charge is 2.38. The van der Waals surface area contributed by atoms with E-state index < -0.39 is 11.9 Å². The second kappa shape index (κ2) is 9.24. The van der Waals surface area contributed by atoms with E-state index in [4.69, 9.17) is 9.47 Å². The van der Waals surface area contributed by atoms with Crippen LogP contribution in [0.15, 0.2) is 109 Å². The molecule has 4 aromatic rings. The number of nitrogens with one attached hydrogen (secondary N) is 1. The third kappa shape index (κ3) is 3.92. The molecular formula is C29H23NO4. The summed E-state index contributed by atoms with van der Waals surface area (Å²) in [6, 6.07) is 30.4. The number of esters is 1. The monoisotopic (exact) mass is 449 g/mol. The van der Waals surface area contributed by atoms with Crippen molar-refractivity contribution >= 4 is 22.6 Å². The molecule has 0 fully saturated rings. The third-order valence-electron chi connectivity index (χ3n) is 5.86. The van der Waals surface area contributed by atoms with E-state index >= 15 is 0 Å². The smallest absolute Gasteiger partial charge is 0.340 e. The van der Waals surface area contributed by atoms with E-state index in [1.54, 1.807) is 31.2 Å². The van der Waals surface area contributed by atoms with Crippen LogP contribution in [0.2, 0.25) is 0 Å². The predicted octanol–water partition coefficient (Wildman–Crippen LogP) is 5.57. The molecule has 1 aliphatic heterocycles. The molecule has 0 aromatic heterocycles. The summed E-state index contributed by atoms with van der Waals surface area (Å²) in [6.45, 7) is 1.96. The molecule has 5 rings (SSSR count). The van der Waals surface area contributed by atoms with Gasteiger partial charge in [-0.15, -0.1) is 0 Å². The largest absolute Gasteiger partial charge is 0.462 e. The number of benzene rings is 4. The van der Waals surface area contributed by atoms with Crippen LogP contribution in [0.4, 0.5) is 0 Å². The summed E-state index contributed by atoms with van der Waals surface area (Å²) in [4.78, 5) is 26.4. The Balaban J connectivity index is 1.73. The van der Waals surface area contributed by atoms with Crippen molar-refractivity contribution in [2.24, 2.45) is 0 Å². The van der Waals surface area contributed by atoms with Crippen molar-refractivity contribution in [3.8, 4) is 5.75 Å². The maximum Gasteiger partial charge on any atom is 0.340 e. The Morgan fingerprint density at radius 1 is 0.853 bits per heavy atom. The maximum absolute atomic E-state index is 13.3. The van der Waals surface area contributed by atoms with Crippen LogP contribution < -0.4 is 10.1 Å². The van der Waals surface area contributed by atoms with Crippen molar-refractivity contribution in [3.05, 3.63) is 125 Å². The zero-order valence-corrected chi connectivity index (χ0v) is 18.7. The number of ether oxygens (including phenoxy) is 2. The highest BCUT2D eigenvalue weighted by atomic mass is 16.5. The second-order valence-corrected chi connectivity index (χ2v) is 7.93. The van der Waals surface area contributed by atoms with Gasteiger partial charge in [-0.25, -0.2) is 4.79 Å². The molecule has 1 N–H and O–H groups in total. The molecule has 168 valence electrons. The number of carbonyl (C=O) groups is 2. The van der Waals surface area contributed by atoms with Crippen molar-refractivity contribution < 1.29 is 19.1 Å². The van der Waals surface area contributed by atoms with Crippen LogP contribution in [0.3, 0.4) is 0 Å². The van der Waals surface area contributed by atoms with Crippen molar-refractivity contribution in [1.29, 1.82) is 0 Å². The Bertz CT molecular complexity index is 1390. The average molecular weight is 450 g/mol. The summed E-state index contributed by atoms with van der Waals surface area (Å²) in [5, 5.41) is 4.84. The third-order valence-corrected chi connectivity index (χ3v) is 5.86. The lowest BCUT2D eigenvalue weighted by atomic mass is 9.80. The lowest BCUT2D eigenvalue weighted by molar-refractivity contribution is -0.139. The topological polar surface area (TPSA) is 64.6 Å². The van der Waals surface area contributed by atoms with Crippen molar-refractivity contribution in [2.75, 3.05) is 6.61 Å². The van der Waals surface area contributed by atoms with Crippen LogP contribution in [0, 0.1) is 0 Å². The van der Waals surface area contributed by atoms with Gasteiger partial charge in [0, 0.05) is 11.1 Å². The molecule has 0 radical (unpaired) electrons. The minimum absolute atomic E-state index is 0.0870. The van der Waals surface area contributed by atoms with E-state index in [1.807, 2.05) is 72.8 Å². The van der Waals surface area contributed by atoms with Crippen molar-refractivity contribution in [2.45, 2.75) is 12.8 Å². The number of fused-ring (bicyclic) bond motifs is 3. The number of hydrogen-bond donors (Lipinski definition) is 1. The van der Waals surface area contributed by atoms with Gasteiger partial charge in [0.1, 0.15) is 11.3 Å². The molecule has 0 saturated carbocycles. The summed E-state index contributed by atoms with van der Waals surface area (Å²) in [5.41, 5.74) is 2.49. The standard InChI is InChI=1S/C29H23NO4/c1-2-33-29(32)26-24(20-12-5-3-6-13-20)25-22-16-10-9-11-19(22)17-18-23(25)34-28(26)30-27(31)21-14-7-4-8-15-21/h3-18,24H,2H2,1H3,(H,30,31). The first-order valence-corrected chi connectivity index (χ1v) is 11.2. The van der Waals surface area contributed by atoms with E-state index in [2.05, 4.69) is 5.32 Å². The molecule has 0 aliphatic carbocycles. The first-order valence-electron chi connectivity index (χ1n) is 11.2. The fourth-order valence-electron chi connectivity index (χ4n) is 4.36. The molecule has 0 spiro atoms. The predicted molar refractivity (Wildman–Crippen MR) is 130 cm³/mol. The number of amides is 1. The minimum atomic E-state index is -0.529. The highest BCUT2D eigenvalue weighted by molar-refractivity contribution is 6.00. The van der Waals surface area contributed by atoms with Crippen LogP contribution in [0.25, 0.3) is 10.8 Å². The fourth-order valence-corrected chi connectivity index (χ4v) is 4.36. The quantitative estimate of drug-likeness (QED) is 0.405. The molecule has 5 heteroatoms. The SMILES string of the molecule is CCOC(=O)C1=C(NC(=O)c2ccccc2)Oc2ccc3ccccc3c2C1c1ccccc1. The van der Waals surface area contributed by atoms with Gasteiger partial charge in [0.25, 0.3) is 5.91 Å². The Morgan fingerprint density at radius 3 is 2.26 bits per heavy atom. The van der Waals surface area contributed by atoms with Crippen LogP contribution in [-0.2, 0) is 9.53 Å². The normalized spacial score (nSPS) is 14.8. The van der Waals surface area contributed by atoms with Gasteiger partial charge in [-0.1, -0.05) is 78.9 Å². The van der Waals surface area contributed by atoms with Gasteiger partial charge in [0.15, 0.2) is 0 Å². The number of hydrogen-bond acceptors (Lipinski definition) is 4. The maximum atomic E-state index is 13.3. The molecule has 0 bridgehead atoms. The van der Waals surface area contributed by atoms with Crippen LogP contribution >= 0.6 is 0 Å². The summed E-state index contributed by atoms with van der Waals surface area (Å²) in [7, 11) is 0. The van der Waals surface area contributed by atoms with Gasteiger partial charge in [0.05, 0.1) is 12.5 Å². The molecular weight excluding hydrogens is 426 g/mol. The molecule has 4 aromatic carbocycles. The molecule has 1 amide bonds.